The summed E-state index contributed by atoms with van der Waals surface area (Å²) in [6, 6.07) is 13.1. The Morgan fingerprint density at radius 2 is 1.84 bits per heavy atom. The molecule has 0 aliphatic carbocycles. The lowest BCUT2D eigenvalue weighted by Crippen LogP contribution is -2.53. The van der Waals surface area contributed by atoms with E-state index in [9.17, 15) is 24.3 Å². The molecule has 5 heterocycles. The number of rotatable bonds is 10. The van der Waals surface area contributed by atoms with E-state index in [1.54, 1.807) is 37.6 Å². The van der Waals surface area contributed by atoms with E-state index in [1.165, 1.54) is 12.7 Å². The molecule has 0 radical (unpaired) electrons. The van der Waals surface area contributed by atoms with Crippen LogP contribution in [0.5, 0.6) is 5.75 Å². The minimum atomic E-state index is -1.94. The van der Waals surface area contributed by atoms with Gasteiger partial charge < -0.3 is 40.0 Å². The molecular weight excluding hydrogens is 702 g/mol. The Labute approximate surface area is 319 Å². The molecule has 14 heteroatoms. The number of carbonyl (C=O) groups is 3. The molecule has 0 spiro atoms. The van der Waals surface area contributed by atoms with Gasteiger partial charge in [0.05, 0.1) is 67.9 Å². The van der Waals surface area contributed by atoms with Crippen molar-refractivity contribution in [2.24, 2.45) is 5.73 Å². The number of anilines is 1. The molecule has 7 rings (SSSR count). The number of fused-ring (bicyclic) bond motifs is 5. The highest BCUT2D eigenvalue weighted by atomic mass is 16.6. The molecule has 0 saturated carbocycles. The molecule has 55 heavy (non-hydrogen) atoms. The highest BCUT2D eigenvalue weighted by molar-refractivity contribution is 6.02. The Hall–Kier alpha value is -5.15. The Bertz CT molecular complexity index is 2260. The third kappa shape index (κ3) is 6.77. The van der Waals surface area contributed by atoms with E-state index < -0.39 is 17.6 Å². The van der Waals surface area contributed by atoms with E-state index >= 15 is 0 Å². The lowest BCUT2D eigenvalue weighted by molar-refractivity contribution is -0.929. The van der Waals surface area contributed by atoms with Crippen LogP contribution in [0, 0.1) is 0 Å². The van der Waals surface area contributed by atoms with Crippen molar-refractivity contribution in [2.75, 3.05) is 46.7 Å². The number of piperidine rings is 1. The van der Waals surface area contributed by atoms with Crippen LogP contribution in [0.3, 0.4) is 0 Å². The summed E-state index contributed by atoms with van der Waals surface area (Å²) in [6.07, 6.45) is 1.99. The van der Waals surface area contributed by atoms with E-state index in [2.05, 4.69) is 41.8 Å². The van der Waals surface area contributed by atoms with Crippen molar-refractivity contribution in [3.05, 3.63) is 86.2 Å². The second-order valence-electron chi connectivity index (χ2n) is 15.6. The van der Waals surface area contributed by atoms with Gasteiger partial charge in [0.25, 0.3) is 11.5 Å². The van der Waals surface area contributed by atoms with E-state index in [-0.39, 0.29) is 48.1 Å². The molecule has 290 valence electrons. The predicted molar refractivity (Wildman–Crippen MR) is 207 cm³/mol. The maximum atomic E-state index is 14.0. The Morgan fingerprint density at radius 3 is 2.47 bits per heavy atom. The van der Waals surface area contributed by atoms with Crippen molar-refractivity contribution in [3.8, 4) is 17.1 Å². The number of hydrogen-bond donors (Lipinski definition) is 4. The van der Waals surface area contributed by atoms with Crippen LogP contribution in [0.15, 0.2) is 47.3 Å². The number of carbonyl (C=O) groups excluding carboxylic acids is 3. The molecule has 14 nitrogen and oxygen atoms in total. The van der Waals surface area contributed by atoms with Crippen molar-refractivity contribution >= 4 is 34.4 Å². The summed E-state index contributed by atoms with van der Waals surface area (Å²) in [7, 11) is 7.62. The number of hydrogen-bond acceptors (Lipinski definition) is 10. The van der Waals surface area contributed by atoms with Gasteiger partial charge in [0.1, 0.15) is 18.9 Å². The molecule has 2 amide bonds. The van der Waals surface area contributed by atoms with Gasteiger partial charge >= 0.3 is 5.97 Å². The number of quaternary nitrogens is 1. The molecule has 2 aromatic carbocycles. The van der Waals surface area contributed by atoms with Crippen molar-refractivity contribution in [3.63, 3.8) is 0 Å². The molecule has 4 aromatic rings. The van der Waals surface area contributed by atoms with Gasteiger partial charge in [0.15, 0.2) is 5.60 Å². The molecule has 1 fully saturated rings. The maximum Gasteiger partial charge on any atom is 0.343 e. The zero-order chi connectivity index (χ0) is 39.4. The molecular formula is C41H50N7O7+. The number of likely N-dealkylation sites (tertiary alicyclic amines) is 1. The first-order valence-corrected chi connectivity index (χ1v) is 18.8. The van der Waals surface area contributed by atoms with Crippen LogP contribution in [-0.2, 0) is 46.2 Å². The first-order valence-electron chi connectivity index (χ1n) is 18.8. The standard InChI is InChI=1S/C41H49N7O7/c1-7-41(53)32-18-34-36-30(20-47(34)39(51)31(32)22-55-40(41)52)29(27-17-35(54-6)28(38(50)43-3)16-33(27)45-36)19-46-14-12-26(13-15-46)48(4,5)21-24-8-10-25(11-9-24)44-37(49)23(2)42/h8-11,16-18,23,26,53H,7,12-15,19-22,42H2,1-6H3,(H-,43,44,49,50)/p+1/t23?,41-/m0/s1. The normalized spacial score (nSPS) is 18.9. The summed E-state index contributed by atoms with van der Waals surface area (Å²) in [6.45, 7) is 6.52. The lowest BCUT2D eigenvalue weighted by atomic mass is 9.86. The number of aliphatic hydroxyl groups is 1. The monoisotopic (exact) mass is 752 g/mol. The fraction of sp³-hybridized carbons (Fsp3) is 0.439. The topological polar surface area (TPSA) is 178 Å². The zero-order valence-electron chi connectivity index (χ0n) is 32.3. The summed E-state index contributed by atoms with van der Waals surface area (Å²) in [5.74, 6) is -0.885. The molecule has 3 aliphatic heterocycles. The number of nitrogens with zero attached hydrogens (tertiary/aromatic N) is 4. The number of methoxy groups -OCH3 is 1. The number of esters is 1. The largest absolute Gasteiger partial charge is 0.496 e. The molecule has 1 unspecified atom stereocenters. The van der Waals surface area contributed by atoms with Crippen molar-refractivity contribution in [1.82, 2.24) is 19.8 Å². The second-order valence-corrected chi connectivity index (χ2v) is 15.6. The Balaban J connectivity index is 1.19. The van der Waals surface area contributed by atoms with Crippen molar-refractivity contribution in [2.45, 2.75) is 77.0 Å². The number of aromatic nitrogens is 2. The quantitative estimate of drug-likeness (QED) is 0.123. The molecule has 2 aromatic heterocycles. The number of amides is 2. The van der Waals surface area contributed by atoms with Gasteiger partial charge in [0.2, 0.25) is 5.91 Å². The highest BCUT2D eigenvalue weighted by Gasteiger charge is 2.45. The number of nitrogens with two attached hydrogens (primary N) is 1. The highest BCUT2D eigenvalue weighted by Crippen LogP contribution is 2.42. The van der Waals surface area contributed by atoms with Gasteiger partial charge in [-0.05, 0) is 49.2 Å². The first kappa shape index (κ1) is 38.1. The van der Waals surface area contributed by atoms with Crippen molar-refractivity contribution in [1.29, 1.82) is 0 Å². The average molecular weight is 753 g/mol. The van der Waals surface area contributed by atoms with Gasteiger partial charge in [-0.1, -0.05) is 19.1 Å². The van der Waals surface area contributed by atoms with Gasteiger partial charge in [-0.25, -0.2) is 9.78 Å². The van der Waals surface area contributed by atoms with Crippen LogP contribution in [0.25, 0.3) is 22.3 Å². The van der Waals surface area contributed by atoms with Crippen LogP contribution in [0.1, 0.15) is 71.3 Å². The lowest BCUT2D eigenvalue weighted by Gasteiger charge is -2.43. The summed E-state index contributed by atoms with van der Waals surface area (Å²) < 4.78 is 13.5. The van der Waals surface area contributed by atoms with Gasteiger partial charge in [0, 0.05) is 67.3 Å². The molecule has 0 bridgehead atoms. The summed E-state index contributed by atoms with van der Waals surface area (Å²) >= 11 is 0. The van der Waals surface area contributed by atoms with Crippen LogP contribution in [0.2, 0.25) is 0 Å². The molecule has 1 saturated heterocycles. The summed E-state index contributed by atoms with van der Waals surface area (Å²) in [5.41, 5.74) is 9.75. The Kier molecular flexibility index (Phi) is 10.0. The maximum absolute atomic E-state index is 14.0. The fourth-order valence-electron chi connectivity index (χ4n) is 8.40. The number of pyridine rings is 2. The van der Waals surface area contributed by atoms with E-state index in [1.807, 2.05) is 18.2 Å². The van der Waals surface area contributed by atoms with E-state index in [0.717, 1.165) is 59.2 Å². The zero-order valence-corrected chi connectivity index (χ0v) is 32.3. The SMILES string of the molecule is CC[C@@]1(O)C(=O)OCc2c1cc1n(c2=O)Cc2c-1nc1cc(C(=O)NC)c(OC)cc1c2CN1CCC([N+](C)(C)Cc2ccc(NC(=O)C(C)N)cc2)CC1. The molecule has 5 N–H and O–H groups in total. The second kappa shape index (κ2) is 14.5. The summed E-state index contributed by atoms with van der Waals surface area (Å²) in [5, 5.41) is 17.8. The molecule has 3 aliphatic rings. The van der Waals surface area contributed by atoms with Crippen LogP contribution in [0.4, 0.5) is 5.69 Å². The smallest absolute Gasteiger partial charge is 0.343 e. The van der Waals surface area contributed by atoms with Crippen molar-refractivity contribution < 1.29 is 33.4 Å². The minimum Gasteiger partial charge on any atom is -0.496 e. The number of benzene rings is 2. The number of cyclic esters (lactones) is 1. The van der Waals surface area contributed by atoms with Crippen LogP contribution < -0.4 is 26.7 Å². The van der Waals surface area contributed by atoms with E-state index in [0.29, 0.717) is 40.8 Å². The predicted octanol–water partition coefficient (Wildman–Crippen LogP) is 2.97. The van der Waals surface area contributed by atoms with E-state index in [4.69, 9.17) is 20.2 Å². The number of nitrogens with one attached hydrogen (secondary N) is 2. The van der Waals surface area contributed by atoms with Gasteiger partial charge in [-0.15, -0.1) is 0 Å². The van der Waals surface area contributed by atoms with Gasteiger partial charge in [-0.2, -0.15) is 0 Å². The number of ether oxygens (including phenoxy) is 2. The third-order valence-corrected chi connectivity index (χ3v) is 11.8. The average Bonchev–Trinajstić information content (AvgIpc) is 3.55. The van der Waals surface area contributed by atoms with Gasteiger partial charge in [-0.3, -0.25) is 19.3 Å². The van der Waals surface area contributed by atoms with Crippen LogP contribution >= 0.6 is 0 Å². The summed E-state index contributed by atoms with van der Waals surface area (Å²) in [4.78, 5) is 59.3. The Morgan fingerprint density at radius 1 is 1.13 bits per heavy atom. The fourth-order valence-corrected chi connectivity index (χ4v) is 8.40. The molecule has 2 atom stereocenters. The van der Waals surface area contributed by atoms with Crippen LogP contribution in [-0.4, -0.2) is 95.3 Å². The third-order valence-electron chi connectivity index (χ3n) is 11.8. The first-order chi connectivity index (χ1) is 26.2. The minimum absolute atomic E-state index is 0.0479.